The van der Waals surface area contributed by atoms with Crippen molar-refractivity contribution in [1.29, 1.82) is 0 Å². The number of hydrazone groups is 1. The second kappa shape index (κ2) is 9.02. The van der Waals surface area contributed by atoms with Gasteiger partial charge in [-0.1, -0.05) is 59.7 Å². The fourth-order valence-corrected chi connectivity index (χ4v) is 5.46. The maximum atomic E-state index is 6.55. The molecule has 0 radical (unpaired) electrons. The van der Waals surface area contributed by atoms with E-state index in [4.69, 9.17) is 45.3 Å². The smallest absolute Gasteiger partial charge is 0.137 e. The number of hydrogen-bond donors (Lipinski definition) is 1. The van der Waals surface area contributed by atoms with Gasteiger partial charge in [-0.05, 0) is 54.2 Å². The van der Waals surface area contributed by atoms with E-state index in [0.29, 0.717) is 33.3 Å². The lowest BCUT2D eigenvalue weighted by molar-refractivity contribution is 0.284. The van der Waals surface area contributed by atoms with Crippen molar-refractivity contribution in [2.24, 2.45) is 16.9 Å². The highest BCUT2D eigenvalue weighted by Gasteiger charge is 2.36. The Kier molecular flexibility index (Phi) is 6.12. The lowest BCUT2D eigenvalue weighted by Crippen LogP contribution is -2.43. The molecule has 166 valence electrons. The van der Waals surface area contributed by atoms with E-state index in [-0.39, 0.29) is 6.04 Å². The van der Waals surface area contributed by atoms with Gasteiger partial charge >= 0.3 is 0 Å². The Morgan fingerprint density at radius 2 is 1.97 bits per heavy atom. The summed E-state index contributed by atoms with van der Waals surface area (Å²) in [6, 6.07) is 13.5. The molecule has 2 heterocycles. The molecule has 3 aliphatic rings. The average molecular weight is 487 g/mol. The lowest BCUT2D eigenvalue weighted by Gasteiger charge is -2.25. The van der Waals surface area contributed by atoms with E-state index in [9.17, 15) is 0 Å². The molecule has 1 N–H and O–H groups in total. The highest BCUT2D eigenvalue weighted by molar-refractivity contribution is 7.82. The van der Waals surface area contributed by atoms with Crippen LogP contribution in [0.3, 0.4) is 0 Å². The summed E-state index contributed by atoms with van der Waals surface area (Å²) in [4.78, 5) is 0.667. The van der Waals surface area contributed by atoms with Crippen LogP contribution in [0.25, 0.3) is 0 Å². The Balaban J connectivity index is 1.40. The van der Waals surface area contributed by atoms with Crippen molar-refractivity contribution in [1.82, 2.24) is 10.4 Å². The van der Waals surface area contributed by atoms with Crippen LogP contribution in [0.1, 0.15) is 24.4 Å². The zero-order valence-corrected chi connectivity index (χ0v) is 20.0. The first-order chi connectivity index (χ1) is 15.5. The summed E-state index contributed by atoms with van der Waals surface area (Å²) < 4.78 is 5.32. The van der Waals surface area contributed by atoms with Crippen molar-refractivity contribution >= 4 is 51.8 Å². The summed E-state index contributed by atoms with van der Waals surface area (Å²) in [5, 5.41) is 10.2. The molecule has 0 aromatic heterocycles. The number of anilines is 1. The molecule has 2 aromatic carbocycles. The molecule has 5 rings (SSSR count). The molecule has 0 amide bonds. The minimum atomic E-state index is -0.0322. The highest BCUT2D eigenvalue weighted by atomic mass is 35.5. The summed E-state index contributed by atoms with van der Waals surface area (Å²) in [7, 11) is 1.66. The number of ether oxygens (including phenoxy) is 1. The van der Waals surface area contributed by atoms with E-state index in [1.165, 1.54) is 0 Å². The van der Waals surface area contributed by atoms with E-state index < -0.39 is 0 Å². The van der Waals surface area contributed by atoms with E-state index in [2.05, 4.69) is 34.7 Å². The number of allylic oxidation sites excluding steroid dienone is 1. The summed E-state index contributed by atoms with van der Waals surface area (Å²) in [5.41, 5.74) is 6.19. The number of benzene rings is 2. The first kappa shape index (κ1) is 21.7. The molecule has 3 atom stereocenters. The Morgan fingerprint density at radius 1 is 1.16 bits per heavy atom. The number of thiocarbonyl (C=S) groups is 1. The quantitative estimate of drug-likeness (QED) is 0.436. The van der Waals surface area contributed by atoms with Crippen molar-refractivity contribution in [3.05, 3.63) is 70.2 Å². The first-order valence-corrected chi connectivity index (χ1v) is 11.9. The van der Waals surface area contributed by atoms with Crippen LogP contribution in [0.5, 0.6) is 5.75 Å². The summed E-state index contributed by atoms with van der Waals surface area (Å²) in [5.74, 6) is 2.12. The molecular weight excluding hydrogens is 463 g/mol. The minimum Gasteiger partial charge on any atom is -0.497 e. The minimum absolute atomic E-state index is 0.0322. The Labute approximate surface area is 203 Å². The topological polar surface area (TPSA) is 40.1 Å². The normalized spacial score (nSPS) is 24.5. The van der Waals surface area contributed by atoms with Crippen LogP contribution in [0.15, 0.2) is 59.7 Å². The van der Waals surface area contributed by atoms with Crippen molar-refractivity contribution in [2.45, 2.75) is 18.9 Å². The Bertz CT molecular complexity index is 1090. The molecule has 1 fully saturated rings. The zero-order valence-electron chi connectivity index (χ0n) is 17.7. The van der Waals surface area contributed by atoms with Gasteiger partial charge in [-0.25, -0.2) is 5.01 Å². The van der Waals surface area contributed by atoms with E-state index >= 15 is 0 Å². The number of hydrazine groups is 1. The Morgan fingerprint density at radius 3 is 2.69 bits per heavy atom. The molecular formula is C24H24Cl2N4OS. The molecule has 1 saturated heterocycles. The van der Waals surface area contributed by atoms with Gasteiger partial charge in [0.15, 0.2) is 0 Å². The third-order valence-corrected chi connectivity index (χ3v) is 7.27. The van der Waals surface area contributed by atoms with Crippen molar-refractivity contribution in [3.63, 3.8) is 0 Å². The predicted molar refractivity (Wildman–Crippen MR) is 135 cm³/mol. The van der Waals surface area contributed by atoms with Crippen LogP contribution >= 0.6 is 35.4 Å². The first-order valence-electron chi connectivity index (χ1n) is 10.7. The largest absolute Gasteiger partial charge is 0.497 e. The summed E-state index contributed by atoms with van der Waals surface area (Å²) in [6.07, 6.45) is 6.45. The predicted octanol–water partition coefficient (Wildman–Crippen LogP) is 5.65. The van der Waals surface area contributed by atoms with Crippen molar-refractivity contribution in [2.75, 3.05) is 25.2 Å². The highest BCUT2D eigenvalue weighted by Crippen LogP contribution is 2.40. The molecule has 1 aliphatic carbocycles. The summed E-state index contributed by atoms with van der Waals surface area (Å²) >= 11 is 18.5. The molecule has 0 spiro atoms. The maximum Gasteiger partial charge on any atom is 0.137 e. The van der Waals surface area contributed by atoms with E-state index in [0.717, 1.165) is 42.2 Å². The molecule has 32 heavy (non-hydrogen) atoms. The van der Waals surface area contributed by atoms with Gasteiger partial charge in [0, 0.05) is 24.5 Å². The number of rotatable bonds is 5. The fraction of sp³-hybridized carbons (Fsp3) is 0.333. The number of hydrogen-bond acceptors (Lipinski definition) is 5. The van der Waals surface area contributed by atoms with E-state index in [1.54, 1.807) is 13.2 Å². The van der Waals surface area contributed by atoms with Crippen LogP contribution in [0.2, 0.25) is 10.0 Å². The molecule has 3 unspecified atom stereocenters. The molecule has 5 nitrogen and oxygen atoms in total. The van der Waals surface area contributed by atoms with Crippen molar-refractivity contribution < 1.29 is 4.74 Å². The molecule has 0 bridgehead atoms. The second-order valence-corrected chi connectivity index (χ2v) is 9.67. The second-order valence-electron chi connectivity index (χ2n) is 8.41. The third kappa shape index (κ3) is 4.25. The number of nitrogens with zero attached hydrogens (tertiary/aromatic N) is 3. The van der Waals surface area contributed by atoms with Crippen LogP contribution in [0, 0.1) is 11.8 Å². The van der Waals surface area contributed by atoms with Gasteiger partial charge in [-0.2, -0.15) is 5.10 Å². The van der Waals surface area contributed by atoms with Gasteiger partial charge in [0.2, 0.25) is 0 Å². The van der Waals surface area contributed by atoms with Gasteiger partial charge < -0.3 is 10.2 Å². The van der Waals surface area contributed by atoms with Crippen LogP contribution in [-0.2, 0) is 0 Å². The average Bonchev–Trinajstić information content (AvgIpc) is 3.49. The summed E-state index contributed by atoms with van der Waals surface area (Å²) in [6.45, 7) is 1.98. The SMILES string of the molecule is COc1ccc(C2CC(C(=S)NN3CC4C=CCC4C3)=NN2c2ccc(Cl)cc2Cl)cc1. The monoisotopic (exact) mass is 486 g/mol. The molecule has 2 aliphatic heterocycles. The third-order valence-electron chi connectivity index (χ3n) is 6.40. The molecule has 0 saturated carbocycles. The van der Waals surface area contributed by atoms with Gasteiger partial charge in [0.25, 0.3) is 0 Å². The lowest BCUT2D eigenvalue weighted by atomic mass is 10.0. The number of halogens is 2. The van der Waals surface area contributed by atoms with Gasteiger partial charge in [-0.3, -0.25) is 5.01 Å². The fourth-order valence-electron chi connectivity index (χ4n) is 4.71. The van der Waals surface area contributed by atoms with E-state index in [1.807, 2.05) is 29.3 Å². The zero-order chi connectivity index (χ0) is 22.2. The van der Waals surface area contributed by atoms with Crippen LogP contribution in [0.4, 0.5) is 5.69 Å². The van der Waals surface area contributed by atoms with Crippen LogP contribution < -0.4 is 15.2 Å². The number of methoxy groups -OCH3 is 1. The maximum absolute atomic E-state index is 6.55. The van der Waals surface area contributed by atoms with Crippen molar-refractivity contribution in [3.8, 4) is 5.75 Å². The van der Waals surface area contributed by atoms with Crippen LogP contribution in [-0.4, -0.2) is 35.9 Å². The number of nitrogens with one attached hydrogen (secondary N) is 1. The molecule has 8 heteroatoms. The Hall–Kier alpha value is -2.12. The number of fused-ring (bicyclic) bond motifs is 1. The standard InChI is InChI=1S/C24H24Cl2N4OS/c1-31-19-8-5-15(6-9-19)23-12-21(27-30(23)22-10-7-18(25)11-20(22)26)24(32)28-29-13-16-3-2-4-17(16)14-29/h2-3,5-11,16-17,23H,4,12-14H2,1H3,(H,28,32). The van der Waals surface area contributed by atoms with Gasteiger partial charge in [-0.15, -0.1) is 0 Å². The van der Waals surface area contributed by atoms with Gasteiger partial charge in [0.05, 0.1) is 29.6 Å². The van der Waals surface area contributed by atoms with Gasteiger partial charge in [0.1, 0.15) is 10.7 Å². The molecule has 2 aromatic rings.